The Morgan fingerprint density at radius 3 is 2.50 bits per heavy atom. The Morgan fingerprint density at radius 1 is 1.28 bits per heavy atom. The molecule has 0 saturated carbocycles. The molecule has 98 valence electrons. The lowest BCUT2D eigenvalue weighted by molar-refractivity contribution is 0.595. The van der Waals surface area contributed by atoms with Crippen molar-refractivity contribution in [2.24, 2.45) is 0 Å². The van der Waals surface area contributed by atoms with Crippen molar-refractivity contribution in [3.63, 3.8) is 0 Å². The number of sulfone groups is 1. The summed E-state index contributed by atoms with van der Waals surface area (Å²) >= 11 is 0. The molecular formula is C14H19NO2S. The van der Waals surface area contributed by atoms with Crippen LogP contribution < -0.4 is 5.32 Å². The molecule has 0 aromatic heterocycles. The van der Waals surface area contributed by atoms with E-state index in [4.69, 9.17) is 6.42 Å². The zero-order valence-corrected chi connectivity index (χ0v) is 11.5. The topological polar surface area (TPSA) is 46.2 Å². The van der Waals surface area contributed by atoms with Gasteiger partial charge in [-0.1, -0.05) is 6.92 Å². The largest absolute Gasteiger partial charge is 0.385 e. The number of hydrogen-bond acceptors (Lipinski definition) is 3. The lowest BCUT2D eigenvalue weighted by Gasteiger charge is -2.07. The first-order chi connectivity index (χ1) is 8.60. The van der Waals surface area contributed by atoms with E-state index in [9.17, 15) is 8.42 Å². The van der Waals surface area contributed by atoms with Crippen molar-refractivity contribution in [1.82, 2.24) is 0 Å². The van der Waals surface area contributed by atoms with Gasteiger partial charge in [0.25, 0.3) is 0 Å². The van der Waals surface area contributed by atoms with Crippen molar-refractivity contribution in [3.8, 4) is 12.3 Å². The minimum atomic E-state index is -3.11. The van der Waals surface area contributed by atoms with E-state index in [1.165, 1.54) is 0 Å². The van der Waals surface area contributed by atoms with E-state index in [2.05, 4.69) is 11.2 Å². The number of unbranched alkanes of at least 4 members (excludes halogenated alkanes) is 1. The summed E-state index contributed by atoms with van der Waals surface area (Å²) in [7, 11) is -3.11. The molecule has 3 nitrogen and oxygen atoms in total. The maximum Gasteiger partial charge on any atom is 0.178 e. The van der Waals surface area contributed by atoms with Crippen LogP contribution in [0.2, 0.25) is 0 Å². The van der Waals surface area contributed by atoms with Gasteiger partial charge in [-0.2, -0.15) is 0 Å². The predicted octanol–water partition coefficient (Wildman–Crippen LogP) is 2.70. The van der Waals surface area contributed by atoms with Crippen LogP contribution in [0.4, 0.5) is 5.69 Å². The highest BCUT2D eigenvalue weighted by Crippen LogP contribution is 2.16. The molecule has 0 aliphatic carbocycles. The fraction of sp³-hybridized carbons (Fsp3) is 0.429. The van der Waals surface area contributed by atoms with Gasteiger partial charge in [-0.15, -0.1) is 12.3 Å². The van der Waals surface area contributed by atoms with Crippen LogP contribution in [-0.4, -0.2) is 20.7 Å². The lowest BCUT2D eigenvalue weighted by Crippen LogP contribution is -2.06. The lowest BCUT2D eigenvalue weighted by atomic mass is 10.3. The van der Waals surface area contributed by atoms with Gasteiger partial charge in [-0.3, -0.25) is 0 Å². The highest BCUT2D eigenvalue weighted by atomic mass is 32.2. The molecule has 0 heterocycles. The van der Waals surface area contributed by atoms with Crippen molar-refractivity contribution in [3.05, 3.63) is 24.3 Å². The second-order valence-corrected chi connectivity index (χ2v) is 6.19. The molecule has 0 amide bonds. The maximum atomic E-state index is 11.8. The third-order valence-corrected chi connectivity index (χ3v) is 4.45. The maximum absolute atomic E-state index is 11.8. The zero-order chi connectivity index (χ0) is 13.4. The van der Waals surface area contributed by atoms with E-state index < -0.39 is 9.84 Å². The molecule has 0 aliphatic rings. The van der Waals surface area contributed by atoms with Crippen LogP contribution in [0.5, 0.6) is 0 Å². The highest BCUT2D eigenvalue weighted by Gasteiger charge is 2.12. The Labute approximate surface area is 110 Å². The van der Waals surface area contributed by atoms with Crippen molar-refractivity contribution in [2.45, 2.75) is 31.1 Å². The fourth-order valence-electron chi connectivity index (χ4n) is 1.59. The second-order valence-electron chi connectivity index (χ2n) is 4.08. The van der Waals surface area contributed by atoms with Crippen molar-refractivity contribution < 1.29 is 8.42 Å². The van der Waals surface area contributed by atoms with Crippen molar-refractivity contribution >= 4 is 15.5 Å². The molecule has 1 aromatic carbocycles. The zero-order valence-electron chi connectivity index (χ0n) is 10.6. The van der Waals surface area contributed by atoms with E-state index in [0.717, 1.165) is 25.1 Å². The molecule has 1 rings (SSSR count). The van der Waals surface area contributed by atoms with Crippen LogP contribution in [0.25, 0.3) is 0 Å². The quantitative estimate of drug-likeness (QED) is 0.609. The first-order valence-electron chi connectivity index (χ1n) is 6.10. The molecule has 0 fully saturated rings. The Morgan fingerprint density at radius 2 is 1.94 bits per heavy atom. The van der Waals surface area contributed by atoms with Crippen LogP contribution >= 0.6 is 0 Å². The first-order valence-corrected chi connectivity index (χ1v) is 7.75. The summed E-state index contributed by atoms with van der Waals surface area (Å²) in [6.45, 7) is 2.66. The molecule has 0 radical (unpaired) electrons. The molecule has 0 atom stereocenters. The summed E-state index contributed by atoms with van der Waals surface area (Å²) in [5.74, 6) is 2.77. The van der Waals surface area contributed by atoms with Crippen LogP contribution in [0.1, 0.15) is 26.2 Å². The SMILES string of the molecule is C#CCCCNc1ccc(S(=O)(=O)CCC)cc1. The molecular weight excluding hydrogens is 246 g/mol. The molecule has 0 spiro atoms. The summed E-state index contributed by atoms with van der Waals surface area (Å²) in [5, 5.41) is 3.20. The van der Waals surface area contributed by atoms with Gasteiger partial charge in [0.1, 0.15) is 0 Å². The highest BCUT2D eigenvalue weighted by molar-refractivity contribution is 7.91. The summed E-state index contributed by atoms with van der Waals surface area (Å²) in [6.07, 6.45) is 7.45. The third-order valence-electron chi connectivity index (χ3n) is 2.51. The summed E-state index contributed by atoms with van der Waals surface area (Å²) in [5.41, 5.74) is 0.919. The minimum absolute atomic E-state index is 0.196. The number of anilines is 1. The molecule has 0 bridgehead atoms. The van der Waals surface area contributed by atoms with Crippen LogP contribution in [0.15, 0.2) is 29.2 Å². The predicted molar refractivity (Wildman–Crippen MR) is 75.3 cm³/mol. The van der Waals surface area contributed by atoms with E-state index in [1.54, 1.807) is 24.3 Å². The van der Waals surface area contributed by atoms with Crippen molar-refractivity contribution in [1.29, 1.82) is 0 Å². The third kappa shape index (κ3) is 4.42. The van der Waals surface area contributed by atoms with Gasteiger partial charge in [0, 0.05) is 18.7 Å². The number of rotatable bonds is 7. The second kappa shape index (κ2) is 7.07. The number of nitrogens with one attached hydrogen (secondary N) is 1. The van der Waals surface area contributed by atoms with Crippen LogP contribution in [-0.2, 0) is 9.84 Å². The average molecular weight is 265 g/mol. The van der Waals surface area contributed by atoms with Crippen LogP contribution in [0, 0.1) is 12.3 Å². The molecule has 0 unspecified atom stereocenters. The number of benzene rings is 1. The smallest absolute Gasteiger partial charge is 0.178 e. The van der Waals surface area contributed by atoms with Gasteiger partial charge in [-0.05, 0) is 37.1 Å². The van der Waals surface area contributed by atoms with E-state index in [1.807, 2.05) is 6.92 Å². The van der Waals surface area contributed by atoms with Gasteiger partial charge in [-0.25, -0.2) is 8.42 Å². The van der Waals surface area contributed by atoms with E-state index in [0.29, 0.717) is 11.3 Å². The van der Waals surface area contributed by atoms with Gasteiger partial charge in [0.2, 0.25) is 0 Å². The summed E-state index contributed by atoms with van der Waals surface area (Å²) in [4.78, 5) is 0.388. The molecule has 0 aliphatic heterocycles. The van der Waals surface area contributed by atoms with Gasteiger partial charge in [0.05, 0.1) is 10.6 Å². The van der Waals surface area contributed by atoms with E-state index in [-0.39, 0.29) is 5.75 Å². The standard InChI is InChI=1S/C14H19NO2S/c1-3-5-6-11-15-13-7-9-14(10-8-13)18(16,17)12-4-2/h1,7-10,15H,4-6,11-12H2,2H3. The monoisotopic (exact) mass is 265 g/mol. The van der Waals surface area contributed by atoms with Crippen molar-refractivity contribution in [2.75, 3.05) is 17.6 Å². The van der Waals surface area contributed by atoms with Gasteiger partial charge in [0.15, 0.2) is 9.84 Å². The summed E-state index contributed by atoms with van der Waals surface area (Å²) < 4.78 is 23.6. The van der Waals surface area contributed by atoms with E-state index >= 15 is 0 Å². The molecule has 18 heavy (non-hydrogen) atoms. The Balaban J connectivity index is 2.61. The molecule has 1 aromatic rings. The fourth-order valence-corrected chi connectivity index (χ4v) is 2.91. The Hall–Kier alpha value is -1.47. The minimum Gasteiger partial charge on any atom is -0.385 e. The Bertz CT molecular complexity index is 498. The first kappa shape index (κ1) is 14.6. The molecule has 4 heteroatoms. The van der Waals surface area contributed by atoms with Crippen LogP contribution in [0.3, 0.4) is 0 Å². The normalized spacial score (nSPS) is 10.9. The van der Waals surface area contributed by atoms with Gasteiger partial charge >= 0.3 is 0 Å². The average Bonchev–Trinajstić information content (AvgIpc) is 2.35. The summed E-state index contributed by atoms with van der Waals surface area (Å²) in [6, 6.07) is 6.87. The molecule has 0 saturated heterocycles. The van der Waals surface area contributed by atoms with Gasteiger partial charge < -0.3 is 5.32 Å². The number of hydrogen-bond donors (Lipinski definition) is 1. The molecule has 1 N–H and O–H groups in total. The Kier molecular flexibility index (Phi) is 5.73. The number of terminal acetylenes is 1.